The van der Waals surface area contributed by atoms with Crippen LogP contribution in [0.4, 0.5) is 10.1 Å². The monoisotopic (exact) mass is 460 g/mol. The number of likely N-dealkylation sites (N-methyl/N-ethyl adjacent to an activating group) is 1. The summed E-state index contributed by atoms with van der Waals surface area (Å²) in [6, 6.07) is 6.77. The SMILES string of the molecule is CCNCC=Cc1cc(F)ccc1S(=O)(=O)Nc1ccc2c(c1C(=O)OC)OCC1CC21. The van der Waals surface area contributed by atoms with Gasteiger partial charge in [0.25, 0.3) is 10.0 Å². The number of hydrogen-bond donors (Lipinski definition) is 2. The van der Waals surface area contributed by atoms with Crippen molar-refractivity contribution in [3.63, 3.8) is 0 Å². The fourth-order valence-electron chi connectivity index (χ4n) is 3.95. The number of benzene rings is 2. The molecule has 4 rings (SSSR count). The molecule has 7 nitrogen and oxygen atoms in total. The van der Waals surface area contributed by atoms with Crippen LogP contribution in [0.5, 0.6) is 5.75 Å². The highest BCUT2D eigenvalue weighted by molar-refractivity contribution is 7.92. The molecule has 2 unspecified atom stereocenters. The Bertz CT molecular complexity index is 1180. The molecule has 2 N–H and O–H groups in total. The van der Waals surface area contributed by atoms with Gasteiger partial charge in [-0.25, -0.2) is 17.6 Å². The van der Waals surface area contributed by atoms with Crippen molar-refractivity contribution in [1.82, 2.24) is 5.32 Å². The third-order valence-electron chi connectivity index (χ3n) is 5.66. The molecule has 0 saturated heterocycles. The average Bonchev–Trinajstić information content (AvgIpc) is 3.56. The number of fused-ring (bicyclic) bond motifs is 3. The molecule has 2 aromatic carbocycles. The molecule has 0 radical (unpaired) electrons. The number of nitrogens with one attached hydrogen (secondary N) is 2. The zero-order valence-corrected chi connectivity index (χ0v) is 18.7. The molecule has 0 spiro atoms. The van der Waals surface area contributed by atoms with E-state index < -0.39 is 21.8 Å². The van der Waals surface area contributed by atoms with Crippen LogP contribution in [0.2, 0.25) is 0 Å². The number of ether oxygens (including phenoxy) is 2. The highest BCUT2D eigenvalue weighted by Gasteiger charge is 2.45. The summed E-state index contributed by atoms with van der Waals surface area (Å²) in [5.41, 5.74) is 1.19. The second-order valence-electron chi connectivity index (χ2n) is 7.81. The Hall–Kier alpha value is -2.91. The number of sulfonamides is 1. The van der Waals surface area contributed by atoms with Crippen LogP contribution >= 0.6 is 0 Å². The first-order chi connectivity index (χ1) is 15.4. The van der Waals surface area contributed by atoms with Gasteiger partial charge in [-0.05, 0) is 54.3 Å². The maximum atomic E-state index is 13.8. The molecule has 0 amide bonds. The van der Waals surface area contributed by atoms with Gasteiger partial charge in [-0.3, -0.25) is 4.72 Å². The zero-order valence-electron chi connectivity index (χ0n) is 17.9. The van der Waals surface area contributed by atoms with E-state index in [0.29, 0.717) is 30.7 Å². The lowest BCUT2D eigenvalue weighted by atomic mass is 10.0. The van der Waals surface area contributed by atoms with Crippen molar-refractivity contribution in [2.75, 3.05) is 31.5 Å². The molecule has 2 atom stereocenters. The Morgan fingerprint density at radius 1 is 1.31 bits per heavy atom. The van der Waals surface area contributed by atoms with E-state index in [-0.39, 0.29) is 21.7 Å². The molecule has 32 heavy (non-hydrogen) atoms. The van der Waals surface area contributed by atoms with Crippen LogP contribution in [-0.4, -0.2) is 41.2 Å². The van der Waals surface area contributed by atoms with E-state index in [1.54, 1.807) is 24.3 Å². The summed E-state index contributed by atoms with van der Waals surface area (Å²) in [5, 5.41) is 3.08. The maximum absolute atomic E-state index is 13.8. The normalized spacial score (nSPS) is 19.1. The van der Waals surface area contributed by atoms with Gasteiger partial charge in [0.15, 0.2) is 0 Å². The van der Waals surface area contributed by atoms with Gasteiger partial charge in [0.1, 0.15) is 17.1 Å². The highest BCUT2D eigenvalue weighted by Crippen LogP contribution is 2.55. The molecule has 1 fully saturated rings. The van der Waals surface area contributed by atoms with Crippen molar-refractivity contribution in [3.05, 3.63) is 58.9 Å². The van der Waals surface area contributed by atoms with E-state index in [2.05, 4.69) is 10.0 Å². The molecular weight excluding hydrogens is 435 g/mol. The quantitative estimate of drug-likeness (QED) is 0.462. The predicted octanol–water partition coefficient (Wildman–Crippen LogP) is 3.53. The van der Waals surface area contributed by atoms with Gasteiger partial charge >= 0.3 is 5.97 Å². The molecule has 2 aliphatic rings. The number of hydrogen-bond acceptors (Lipinski definition) is 6. The number of anilines is 1. The second kappa shape index (κ2) is 8.91. The molecule has 1 heterocycles. The first kappa shape index (κ1) is 22.3. The molecular formula is C23H25FN2O5S. The van der Waals surface area contributed by atoms with Gasteiger partial charge in [-0.15, -0.1) is 0 Å². The van der Waals surface area contributed by atoms with Gasteiger partial charge in [-0.1, -0.05) is 25.1 Å². The number of carbonyl (C=O) groups excluding carboxylic acids is 1. The highest BCUT2D eigenvalue weighted by atomic mass is 32.2. The third-order valence-corrected chi connectivity index (χ3v) is 7.10. The minimum atomic E-state index is -4.15. The van der Waals surface area contributed by atoms with Crippen LogP contribution in [0.25, 0.3) is 6.08 Å². The lowest BCUT2D eigenvalue weighted by Crippen LogP contribution is -2.20. The van der Waals surface area contributed by atoms with E-state index in [1.165, 1.54) is 13.2 Å². The minimum Gasteiger partial charge on any atom is -0.492 e. The van der Waals surface area contributed by atoms with Crippen molar-refractivity contribution in [2.24, 2.45) is 5.92 Å². The van der Waals surface area contributed by atoms with Gasteiger partial charge in [0.05, 0.1) is 24.3 Å². The third kappa shape index (κ3) is 4.35. The summed E-state index contributed by atoms with van der Waals surface area (Å²) in [6.45, 7) is 3.69. The number of methoxy groups -OCH3 is 1. The Labute approximate surface area is 186 Å². The lowest BCUT2D eigenvalue weighted by Gasteiger charge is -2.22. The number of esters is 1. The summed E-state index contributed by atoms with van der Waals surface area (Å²) < 4.78 is 53.5. The van der Waals surface area contributed by atoms with Crippen molar-refractivity contribution in [2.45, 2.75) is 24.2 Å². The smallest absolute Gasteiger partial charge is 0.343 e. The first-order valence-corrected chi connectivity index (χ1v) is 11.9. The minimum absolute atomic E-state index is 0.0466. The Balaban J connectivity index is 1.72. The number of rotatable bonds is 8. The van der Waals surface area contributed by atoms with E-state index in [0.717, 1.165) is 30.7 Å². The van der Waals surface area contributed by atoms with Gasteiger partial charge in [0, 0.05) is 12.5 Å². The lowest BCUT2D eigenvalue weighted by molar-refractivity contribution is 0.0596. The molecule has 0 aromatic heterocycles. The Morgan fingerprint density at radius 2 is 2.12 bits per heavy atom. The van der Waals surface area contributed by atoms with Gasteiger partial charge in [-0.2, -0.15) is 0 Å². The van der Waals surface area contributed by atoms with Crippen molar-refractivity contribution in [1.29, 1.82) is 0 Å². The van der Waals surface area contributed by atoms with Crippen LogP contribution in [0.1, 0.15) is 40.7 Å². The van der Waals surface area contributed by atoms with Gasteiger partial charge < -0.3 is 14.8 Å². The summed E-state index contributed by atoms with van der Waals surface area (Å²) in [7, 11) is -2.92. The zero-order chi connectivity index (χ0) is 22.9. The van der Waals surface area contributed by atoms with Crippen LogP contribution in [0.15, 0.2) is 41.3 Å². The van der Waals surface area contributed by atoms with Crippen molar-refractivity contribution >= 4 is 27.8 Å². The van der Waals surface area contributed by atoms with Crippen LogP contribution in [0, 0.1) is 11.7 Å². The summed E-state index contributed by atoms with van der Waals surface area (Å²) >= 11 is 0. The van der Waals surface area contributed by atoms with Crippen molar-refractivity contribution in [3.8, 4) is 5.75 Å². The van der Waals surface area contributed by atoms with E-state index in [9.17, 15) is 17.6 Å². The summed E-state index contributed by atoms with van der Waals surface area (Å²) in [4.78, 5) is 12.5. The molecule has 1 aliphatic heterocycles. The fraction of sp³-hybridized carbons (Fsp3) is 0.348. The molecule has 170 valence electrons. The summed E-state index contributed by atoms with van der Waals surface area (Å²) in [6.07, 6.45) is 4.25. The maximum Gasteiger partial charge on any atom is 0.343 e. The number of halogens is 1. The van der Waals surface area contributed by atoms with Crippen molar-refractivity contribution < 1.29 is 27.1 Å². The first-order valence-electron chi connectivity index (χ1n) is 10.4. The van der Waals surface area contributed by atoms with Crippen LogP contribution < -0.4 is 14.8 Å². The molecule has 2 aromatic rings. The van der Waals surface area contributed by atoms with E-state index >= 15 is 0 Å². The molecule has 0 bridgehead atoms. The topological polar surface area (TPSA) is 93.7 Å². The molecule has 1 aliphatic carbocycles. The Kier molecular flexibility index (Phi) is 6.21. The largest absolute Gasteiger partial charge is 0.492 e. The average molecular weight is 461 g/mol. The molecule has 9 heteroatoms. The predicted molar refractivity (Wildman–Crippen MR) is 119 cm³/mol. The van der Waals surface area contributed by atoms with Crippen LogP contribution in [0.3, 0.4) is 0 Å². The van der Waals surface area contributed by atoms with E-state index in [1.807, 2.05) is 6.92 Å². The van der Waals surface area contributed by atoms with E-state index in [4.69, 9.17) is 9.47 Å². The number of carbonyl (C=O) groups is 1. The fourth-order valence-corrected chi connectivity index (χ4v) is 5.20. The molecule has 1 saturated carbocycles. The Morgan fingerprint density at radius 3 is 2.88 bits per heavy atom. The van der Waals surface area contributed by atoms with Gasteiger partial charge in [0.2, 0.25) is 0 Å². The summed E-state index contributed by atoms with van der Waals surface area (Å²) in [5.74, 6) is -0.127. The second-order valence-corrected chi connectivity index (χ2v) is 9.46. The van der Waals surface area contributed by atoms with Crippen LogP contribution in [-0.2, 0) is 14.8 Å². The standard InChI is InChI=1S/C23H25FN2O5S/c1-3-25-10-4-5-14-11-16(24)6-9-20(14)32(28,29)26-19-8-7-17-18-12-15(18)13-31-22(17)21(19)23(27)30-2/h4-9,11,15,18,25-26H,3,10,12-13H2,1-2H3.